The number of para-hydroxylation sites is 1. The van der Waals surface area contributed by atoms with Crippen LogP contribution in [0.2, 0.25) is 0 Å². The summed E-state index contributed by atoms with van der Waals surface area (Å²) in [6.07, 6.45) is 4.28. The van der Waals surface area contributed by atoms with Crippen LogP contribution in [-0.4, -0.2) is 19.8 Å². The lowest BCUT2D eigenvalue weighted by molar-refractivity contribution is 0.184. The van der Waals surface area contributed by atoms with Crippen LogP contribution in [-0.2, 0) is 11.3 Å². The van der Waals surface area contributed by atoms with Crippen LogP contribution in [0, 0.1) is 5.92 Å². The van der Waals surface area contributed by atoms with Crippen LogP contribution in [0.3, 0.4) is 0 Å². The van der Waals surface area contributed by atoms with E-state index in [0.29, 0.717) is 0 Å². The van der Waals surface area contributed by atoms with Crippen molar-refractivity contribution in [1.82, 2.24) is 5.32 Å². The highest BCUT2D eigenvalue weighted by atomic mass is 16.5. The molecular formula is C15H19NO2. The summed E-state index contributed by atoms with van der Waals surface area (Å²) in [5.74, 6) is 0.749. The van der Waals surface area contributed by atoms with Crippen molar-refractivity contribution in [2.75, 3.05) is 19.8 Å². The van der Waals surface area contributed by atoms with Crippen LogP contribution in [0.4, 0.5) is 0 Å². The van der Waals surface area contributed by atoms with Gasteiger partial charge in [0.05, 0.1) is 6.26 Å². The number of benzene rings is 1. The normalized spacial score (nSPS) is 19.7. The number of hydrogen-bond acceptors (Lipinski definition) is 3. The third-order valence-electron chi connectivity index (χ3n) is 3.63. The third-order valence-corrected chi connectivity index (χ3v) is 3.63. The van der Waals surface area contributed by atoms with Gasteiger partial charge in [-0.1, -0.05) is 18.2 Å². The molecule has 1 fully saturated rings. The van der Waals surface area contributed by atoms with Crippen LogP contribution in [0.1, 0.15) is 18.4 Å². The smallest absolute Gasteiger partial charge is 0.134 e. The molecule has 1 aliphatic heterocycles. The summed E-state index contributed by atoms with van der Waals surface area (Å²) in [5.41, 5.74) is 2.21. The predicted molar refractivity (Wildman–Crippen MR) is 71.5 cm³/mol. The first kappa shape index (κ1) is 11.8. The summed E-state index contributed by atoms with van der Waals surface area (Å²) < 4.78 is 10.9. The van der Waals surface area contributed by atoms with E-state index in [1.54, 1.807) is 0 Å². The minimum absolute atomic E-state index is 0.749. The molecule has 1 aromatic carbocycles. The molecule has 0 bridgehead atoms. The molecule has 1 aromatic heterocycles. The lowest BCUT2D eigenvalue weighted by atomic mass is 10.1. The van der Waals surface area contributed by atoms with Crippen LogP contribution in [0.5, 0.6) is 0 Å². The highest BCUT2D eigenvalue weighted by Gasteiger charge is 2.14. The molecule has 0 amide bonds. The summed E-state index contributed by atoms with van der Waals surface area (Å²) in [5, 5.41) is 4.71. The summed E-state index contributed by atoms with van der Waals surface area (Å²) in [7, 11) is 0. The van der Waals surface area contributed by atoms with Gasteiger partial charge in [0.2, 0.25) is 0 Å². The van der Waals surface area contributed by atoms with Crippen LogP contribution < -0.4 is 5.32 Å². The molecular weight excluding hydrogens is 226 g/mol. The van der Waals surface area contributed by atoms with E-state index < -0.39 is 0 Å². The first-order valence-electron chi connectivity index (χ1n) is 6.67. The van der Waals surface area contributed by atoms with E-state index in [4.69, 9.17) is 9.15 Å². The van der Waals surface area contributed by atoms with Gasteiger partial charge in [-0.15, -0.1) is 0 Å². The standard InChI is InChI=1S/C15H19NO2/c1-2-4-15-14(3-1)13(11-18-15)9-16-7-5-12-6-8-17-10-12/h1-4,11-12,16H,5-10H2. The van der Waals surface area contributed by atoms with Gasteiger partial charge in [-0.2, -0.15) is 0 Å². The number of rotatable bonds is 5. The molecule has 2 aromatic rings. The minimum Gasteiger partial charge on any atom is -0.464 e. The fourth-order valence-electron chi connectivity index (χ4n) is 2.51. The Morgan fingerprint density at radius 2 is 2.22 bits per heavy atom. The second-order valence-electron chi connectivity index (χ2n) is 4.95. The number of hydrogen-bond donors (Lipinski definition) is 1. The van der Waals surface area contributed by atoms with Gasteiger partial charge in [-0.3, -0.25) is 0 Å². The Morgan fingerprint density at radius 3 is 3.11 bits per heavy atom. The Kier molecular flexibility index (Phi) is 3.62. The predicted octanol–water partition coefficient (Wildman–Crippen LogP) is 2.95. The maximum Gasteiger partial charge on any atom is 0.134 e. The number of ether oxygens (including phenoxy) is 1. The molecule has 1 saturated heterocycles. The molecule has 1 N–H and O–H groups in total. The molecule has 3 heteroatoms. The topological polar surface area (TPSA) is 34.4 Å². The second kappa shape index (κ2) is 5.55. The lowest BCUT2D eigenvalue weighted by Gasteiger charge is -2.07. The van der Waals surface area contributed by atoms with Crippen LogP contribution in [0.15, 0.2) is 34.9 Å². The fraction of sp³-hybridized carbons (Fsp3) is 0.467. The fourth-order valence-corrected chi connectivity index (χ4v) is 2.51. The van der Waals surface area contributed by atoms with Gasteiger partial charge in [0.1, 0.15) is 5.58 Å². The monoisotopic (exact) mass is 245 g/mol. The van der Waals surface area contributed by atoms with Crippen molar-refractivity contribution in [2.45, 2.75) is 19.4 Å². The Balaban J connectivity index is 1.50. The van der Waals surface area contributed by atoms with Gasteiger partial charge in [0.25, 0.3) is 0 Å². The zero-order valence-electron chi connectivity index (χ0n) is 10.5. The molecule has 0 radical (unpaired) electrons. The third kappa shape index (κ3) is 2.57. The van der Waals surface area contributed by atoms with E-state index in [1.165, 1.54) is 23.8 Å². The van der Waals surface area contributed by atoms with Gasteiger partial charge in [0.15, 0.2) is 0 Å². The maximum absolute atomic E-state index is 5.52. The van der Waals surface area contributed by atoms with Crippen molar-refractivity contribution in [2.24, 2.45) is 5.92 Å². The average molecular weight is 245 g/mol. The molecule has 0 aliphatic carbocycles. The number of furan rings is 1. The average Bonchev–Trinajstić information content (AvgIpc) is 3.04. The van der Waals surface area contributed by atoms with Crippen LogP contribution in [0.25, 0.3) is 11.0 Å². The molecule has 2 heterocycles. The molecule has 1 aliphatic rings. The van der Waals surface area contributed by atoms with Gasteiger partial charge in [-0.25, -0.2) is 0 Å². The van der Waals surface area contributed by atoms with E-state index in [2.05, 4.69) is 17.4 Å². The molecule has 3 rings (SSSR count). The van der Waals surface area contributed by atoms with Crippen molar-refractivity contribution in [3.05, 3.63) is 36.1 Å². The summed E-state index contributed by atoms with van der Waals surface area (Å²) >= 11 is 0. The zero-order chi connectivity index (χ0) is 12.2. The lowest BCUT2D eigenvalue weighted by Crippen LogP contribution is -2.17. The SMILES string of the molecule is c1ccc2c(CNCCC3CCOC3)coc2c1. The first-order valence-corrected chi connectivity index (χ1v) is 6.67. The van der Waals surface area contributed by atoms with Crippen molar-refractivity contribution >= 4 is 11.0 Å². The zero-order valence-corrected chi connectivity index (χ0v) is 10.5. The van der Waals surface area contributed by atoms with Gasteiger partial charge in [-0.05, 0) is 31.4 Å². The molecule has 96 valence electrons. The van der Waals surface area contributed by atoms with E-state index in [0.717, 1.165) is 37.8 Å². The molecule has 18 heavy (non-hydrogen) atoms. The Morgan fingerprint density at radius 1 is 1.28 bits per heavy atom. The highest BCUT2D eigenvalue weighted by Crippen LogP contribution is 2.20. The van der Waals surface area contributed by atoms with Gasteiger partial charge < -0.3 is 14.5 Å². The molecule has 0 saturated carbocycles. The van der Waals surface area contributed by atoms with Crippen molar-refractivity contribution in [1.29, 1.82) is 0 Å². The Bertz CT molecular complexity index is 500. The number of nitrogens with one attached hydrogen (secondary N) is 1. The maximum atomic E-state index is 5.52. The summed E-state index contributed by atoms with van der Waals surface area (Å²) in [4.78, 5) is 0. The number of fused-ring (bicyclic) bond motifs is 1. The molecule has 1 atom stereocenters. The van der Waals surface area contributed by atoms with E-state index in [9.17, 15) is 0 Å². The Hall–Kier alpha value is -1.32. The van der Waals surface area contributed by atoms with E-state index >= 15 is 0 Å². The quantitative estimate of drug-likeness (QED) is 0.822. The van der Waals surface area contributed by atoms with Crippen LogP contribution >= 0.6 is 0 Å². The largest absolute Gasteiger partial charge is 0.464 e. The first-order chi connectivity index (χ1) is 8.93. The second-order valence-corrected chi connectivity index (χ2v) is 4.95. The van der Waals surface area contributed by atoms with Crippen molar-refractivity contribution < 1.29 is 9.15 Å². The van der Waals surface area contributed by atoms with Crippen molar-refractivity contribution in [3.8, 4) is 0 Å². The molecule has 0 spiro atoms. The minimum atomic E-state index is 0.749. The van der Waals surface area contributed by atoms with Gasteiger partial charge >= 0.3 is 0 Å². The summed E-state index contributed by atoms with van der Waals surface area (Å²) in [6.45, 7) is 3.81. The van der Waals surface area contributed by atoms with E-state index in [1.807, 2.05) is 18.4 Å². The molecule has 3 nitrogen and oxygen atoms in total. The van der Waals surface area contributed by atoms with Crippen molar-refractivity contribution in [3.63, 3.8) is 0 Å². The highest BCUT2D eigenvalue weighted by molar-refractivity contribution is 5.80. The Labute approximate surface area is 107 Å². The van der Waals surface area contributed by atoms with E-state index in [-0.39, 0.29) is 0 Å². The summed E-state index contributed by atoms with van der Waals surface area (Å²) in [6, 6.07) is 8.18. The van der Waals surface area contributed by atoms with Gasteiger partial charge in [0, 0.05) is 30.7 Å². The molecule has 1 unspecified atom stereocenters.